The number of rotatable bonds is 5. The highest BCUT2D eigenvalue weighted by Crippen LogP contribution is 2.34. The van der Waals surface area contributed by atoms with E-state index in [4.69, 9.17) is 9.47 Å². The SMILES string of the molecule is O=C(CCNc1ccc2c(c1)OCO2)N1CCN(c2ncccn2)CC1. The van der Waals surface area contributed by atoms with Gasteiger partial charge in [0.15, 0.2) is 11.5 Å². The number of hydrogen-bond donors (Lipinski definition) is 1. The summed E-state index contributed by atoms with van der Waals surface area (Å²) in [5.74, 6) is 2.38. The number of ether oxygens (including phenoxy) is 2. The quantitative estimate of drug-likeness (QED) is 0.867. The smallest absolute Gasteiger partial charge is 0.231 e. The predicted octanol–water partition coefficient (Wildman–Crippen LogP) is 1.36. The molecule has 1 N–H and O–H groups in total. The molecule has 0 radical (unpaired) electrons. The van der Waals surface area contributed by atoms with Crippen molar-refractivity contribution in [2.24, 2.45) is 0 Å². The van der Waals surface area contributed by atoms with E-state index in [-0.39, 0.29) is 12.7 Å². The fourth-order valence-electron chi connectivity index (χ4n) is 3.09. The number of amides is 1. The molecule has 1 aromatic carbocycles. The number of nitrogens with zero attached hydrogens (tertiary/aromatic N) is 4. The molecule has 0 saturated carbocycles. The van der Waals surface area contributed by atoms with Crippen LogP contribution in [0, 0.1) is 0 Å². The normalized spacial score (nSPS) is 15.8. The Morgan fingerprint density at radius 3 is 2.65 bits per heavy atom. The van der Waals surface area contributed by atoms with Gasteiger partial charge in [-0.2, -0.15) is 0 Å². The van der Waals surface area contributed by atoms with Crippen LogP contribution in [0.25, 0.3) is 0 Å². The summed E-state index contributed by atoms with van der Waals surface area (Å²) in [7, 11) is 0. The Kier molecular flexibility index (Phi) is 4.72. The molecule has 8 nitrogen and oxygen atoms in total. The molecular weight excluding hydrogens is 334 g/mol. The zero-order valence-corrected chi connectivity index (χ0v) is 14.4. The molecule has 0 unspecified atom stereocenters. The Hall–Kier alpha value is -3.03. The number of fused-ring (bicyclic) bond motifs is 1. The third-order valence-corrected chi connectivity index (χ3v) is 4.51. The minimum Gasteiger partial charge on any atom is -0.454 e. The molecule has 0 bridgehead atoms. The summed E-state index contributed by atoms with van der Waals surface area (Å²) in [5, 5.41) is 3.27. The summed E-state index contributed by atoms with van der Waals surface area (Å²) in [5.41, 5.74) is 0.924. The van der Waals surface area contributed by atoms with E-state index in [0.717, 1.165) is 36.2 Å². The first-order valence-electron chi connectivity index (χ1n) is 8.73. The van der Waals surface area contributed by atoms with E-state index >= 15 is 0 Å². The molecule has 8 heteroatoms. The number of nitrogens with one attached hydrogen (secondary N) is 1. The van der Waals surface area contributed by atoms with Crippen molar-refractivity contribution < 1.29 is 14.3 Å². The summed E-state index contributed by atoms with van der Waals surface area (Å²) in [6.07, 6.45) is 3.93. The Labute approximate surface area is 151 Å². The van der Waals surface area contributed by atoms with Gasteiger partial charge in [-0.1, -0.05) is 0 Å². The van der Waals surface area contributed by atoms with Crippen LogP contribution < -0.4 is 19.7 Å². The number of piperazine rings is 1. The van der Waals surface area contributed by atoms with Gasteiger partial charge in [0.05, 0.1) is 0 Å². The molecule has 136 valence electrons. The molecule has 2 aliphatic rings. The maximum Gasteiger partial charge on any atom is 0.231 e. The summed E-state index contributed by atoms with van der Waals surface area (Å²) in [6, 6.07) is 7.50. The molecule has 1 saturated heterocycles. The van der Waals surface area contributed by atoms with Crippen LogP contribution in [0.2, 0.25) is 0 Å². The van der Waals surface area contributed by atoms with Gasteiger partial charge in [0.25, 0.3) is 0 Å². The fraction of sp³-hybridized carbons (Fsp3) is 0.389. The van der Waals surface area contributed by atoms with Crippen molar-refractivity contribution in [3.63, 3.8) is 0 Å². The highest BCUT2D eigenvalue weighted by atomic mass is 16.7. The lowest BCUT2D eigenvalue weighted by atomic mass is 10.2. The van der Waals surface area contributed by atoms with Gasteiger partial charge in [0.2, 0.25) is 18.6 Å². The van der Waals surface area contributed by atoms with Gasteiger partial charge in [-0.05, 0) is 18.2 Å². The molecule has 4 rings (SSSR count). The second-order valence-electron chi connectivity index (χ2n) is 6.16. The van der Waals surface area contributed by atoms with Crippen LogP contribution in [0.4, 0.5) is 11.6 Å². The third kappa shape index (κ3) is 3.63. The lowest BCUT2D eigenvalue weighted by Crippen LogP contribution is -2.49. The van der Waals surface area contributed by atoms with Crippen molar-refractivity contribution >= 4 is 17.5 Å². The van der Waals surface area contributed by atoms with Crippen molar-refractivity contribution in [2.45, 2.75) is 6.42 Å². The average molecular weight is 355 g/mol. The van der Waals surface area contributed by atoms with Crippen molar-refractivity contribution in [2.75, 3.05) is 49.7 Å². The number of aromatic nitrogens is 2. The summed E-state index contributed by atoms with van der Waals surface area (Å²) < 4.78 is 10.6. The average Bonchev–Trinajstić information content (AvgIpc) is 3.16. The van der Waals surface area contributed by atoms with Gasteiger partial charge in [-0.15, -0.1) is 0 Å². The maximum atomic E-state index is 12.4. The van der Waals surface area contributed by atoms with Crippen LogP contribution in [0.5, 0.6) is 11.5 Å². The highest BCUT2D eigenvalue weighted by molar-refractivity contribution is 5.77. The molecule has 26 heavy (non-hydrogen) atoms. The monoisotopic (exact) mass is 355 g/mol. The molecule has 2 aromatic rings. The van der Waals surface area contributed by atoms with Crippen LogP contribution >= 0.6 is 0 Å². The molecule has 3 heterocycles. The molecular formula is C18H21N5O3. The van der Waals surface area contributed by atoms with Gasteiger partial charge >= 0.3 is 0 Å². The number of hydrogen-bond acceptors (Lipinski definition) is 7. The van der Waals surface area contributed by atoms with Crippen molar-refractivity contribution in [1.82, 2.24) is 14.9 Å². The van der Waals surface area contributed by atoms with E-state index in [1.54, 1.807) is 18.5 Å². The maximum absolute atomic E-state index is 12.4. The summed E-state index contributed by atoms with van der Waals surface area (Å²) in [4.78, 5) is 24.9. The zero-order chi connectivity index (χ0) is 17.8. The van der Waals surface area contributed by atoms with E-state index in [9.17, 15) is 4.79 Å². The molecule has 1 amide bonds. The number of carbonyl (C=O) groups is 1. The largest absolute Gasteiger partial charge is 0.454 e. The second kappa shape index (κ2) is 7.47. The molecule has 0 aliphatic carbocycles. The first-order chi connectivity index (χ1) is 12.8. The van der Waals surface area contributed by atoms with Crippen LogP contribution in [0.15, 0.2) is 36.7 Å². The van der Waals surface area contributed by atoms with E-state index < -0.39 is 0 Å². The van der Waals surface area contributed by atoms with Crippen LogP contribution in [0.1, 0.15) is 6.42 Å². The van der Waals surface area contributed by atoms with Crippen LogP contribution in [-0.4, -0.2) is 60.3 Å². The van der Waals surface area contributed by atoms with E-state index in [1.165, 1.54) is 0 Å². The van der Waals surface area contributed by atoms with Gasteiger partial charge in [0.1, 0.15) is 0 Å². The second-order valence-corrected chi connectivity index (χ2v) is 6.16. The lowest BCUT2D eigenvalue weighted by Gasteiger charge is -2.34. The number of benzene rings is 1. The molecule has 2 aliphatic heterocycles. The zero-order valence-electron chi connectivity index (χ0n) is 14.4. The van der Waals surface area contributed by atoms with Crippen molar-refractivity contribution in [1.29, 1.82) is 0 Å². The minimum atomic E-state index is 0.159. The van der Waals surface area contributed by atoms with Gasteiger partial charge in [-0.3, -0.25) is 4.79 Å². The Balaban J connectivity index is 1.22. The lowest BCUT2D eigenvalue weighted by molar-refractivity contribution is -0.131. The standard InChI is InChI=1S/C18H21N5O3/c24-17(4-7-19-14-2-3-15-16(12-14)26-13-25-15)22-8-10-23(11-9-22)18-20-5-1-6-21-18/h1-3,5-6,12,19H,4,7-11,13H2. The van der Waals surface area contributed by atoms with Crippen LogP contribution in [-0.2, 0) is 4.79 Å². The number of carbonyl (C=O) groups excluding carboxylic acids is 1. The first kappa shape index (κ1) is 16.4. The van der Waals surface area contributed by atoms with Gasteiger partial charge in [-0.25, -0.2) is 9.97 Å². The van der Waals surface area contributed by atoms with Crippen molar-refractivity contribution in [3.8, 4) is 11.5 Å². The molecule has 1 aromatic heterocycles. The Morgan fingerprint density at radius 2 is 1.85 bits per heavy atom. The first-order valence-corrected chi connectivity index (χ1v) is 8.73. The molecule has 0 spiro atoms. The summed E-state index contributed by atoms with van der Waals surface area (Å²) in [6.45, 7) is 3.75. The summed E-state index contributed by atoms with van der Waals surface area (Å²) >= 11 is 0. The Bertz CT molecular complexity index is 763. The van der Waals surface area contributed by atoms with Gasteiger partial charge in [0, 0.05) is 63.3 Å². The van der Waals surface area contributed by atoms with Crippen molar-refractivity contribution in [3.05, 3.63) is 36.7 Å². The Morgan fingerprint density at radius 1 is 1.08 bits per heavy atom. The topological polar surface area (TPSA) is 79.8 Å². The van der Waals surface area contributed by atoms with E-state index in [1.807, 2.05) is 23.1 Å². The number of anilines is 2. The van der Waals surface area contributed by atoms with E-state index in [2.05, 4.69) is 20.2 Å². The molecule has 1 fully saturated rings. The van der Waals surface area contributed by atoms with E-state index in [0.29, 0.717) is 26.1 Å². The van der Waals surface area contributed by atoms with Crippen LogP contribution in [0.3, 0.4) is 0 Å². The molecule has 0 atom stereocenters. The van der Waals surface area contributed by atoms with Gasteiger partial charge < -0.3 is 24.6 Å². The predicted molar refractivity (Wildman–Crippen MR) is 96.5 cm³/mol. The highest BCUT2D eigenvalue weighted by Gasteiger charge is 2.22. The fourth-order valence-corrected chi connectivity index (χ4v) is 3.09. The third-order valence-electron chi connectivity index (χ3n) is 4.51. The minimum absolute atomic E-state index is 0.159.